The molecule has 0 bridgehead atoms. The summed E-state index contributed by atoms with van der Waals surface area (Å²) >= 11 is 0.594. The predicted molar refractivity (Wildman–Crippen MR) is 62.6 cm³/mol. The second kappa shape index (κ2) is 4.93. The molecule has 0 radical (unpaired) electrons. The summed E-state index contributed by atoms with van der Waals surface area (Å²) in [6, 6.07) is 0.391. The van der Waals surface area contributed by atoms with Gasteiger partial charge in [-0.1, -0.05) is 6.04 Å². The molecular formula is C7H10N3O4S3W-. The van der Waals surface area contributed by atoms with Crippen molar-refractivity contribution >= 4 is 31.4 Å². The van der Waals surface area contributed by atoms with Crippen LogP contribution in [0, 0.1) is 0 Å². The summed E-state index contributed by atoms with van der Waals surface area (Å²) in [5.41, 5.74) is 7.95. The van der Waals surface area contributed by atoms with Crippen LogP contribution in [-0.2, 0) is 41.1 Å². The van der Waals surface area contributed by atoms with Crippen molar-refractivity contribution in [1.29, 1.82) is 0 Å². The summed E-state index contributed by atoms with van der Waals surface area (Å²) in [5.74, 6) is 0. The summed E-state index contributed by atoms with van der Waals surface area (Å²) in [4.78, 5) is 0. The van der Waals surface area contributed by atoms with Crippen LogP contribution in [0.15, 0.2) is 14.5 Å². The zero-order valence-corrected chi connectivity index (χ0v) is 14.5. The number of hydrogen-bond donors (Lipinski definition) is 1. The number of likely N-dealkylation sites (N-methyl/N-ethyl adjacent to an activating group) is 1. The molecule has 2 rings (SSSR count). The maximum atomic E-state index is 11.9. The molecule has 1 aliphatic heterocycles. The van der Waals surface area contributed by atoms with Gasteiger partial charge < -0.3 is 5.73 Å². The molecule has 0 aromatic carbocycles. The van der Waals surface area contributed by atoms with Gasteiger partial charge in [0.25, 0.3) is 10.0 Å². The van der Waals surface area contributed by atoms with Gasteiger partial charge in [-0.25, -0.2) is 26.3 Å². The van der Waals surface area contributed by atoms with Crippen LogP contribution in [0.4, 0.5) is 0 Å². The van der Waals surface area contributed by atoms with E-state index in [4.69, 9.17) is 10.9 Å². The number of nitrogens with two attached hydrogens (primary N) is 1. The fourth-order valence-electron chi connectivity index (χ4n) is 1.55. The first-order chi connectivity index (χ1) is 7.64. The Morgan fingerprint density at radius 1 is 1.56 bits per heavy atom. The fourth-order valence-corrected chi connectivity index (χ4v) is 5.60. The Morgan fingerprint density at radius 2 is 2.11 bits per heavy atom. The Morgan fingerprint density at radius 3 is 2.61 bits per heavy atom. The van der Waals surface area contributed by atoms with E-state index in [1.165, 1.54) is 13.1 Å². The number of primary sulfonamides is 1. The molecule has 0 spiro atoms. The van der Waals surface area contributed by atoms with E-state index in [0.717, 1.165) is 4.31 Å². The van der Waals surface area contributed by atoms with Gasteiger partial charge >= 0.3 is 0 Å². The Hall–Kier alpha value is 0.168. The fraction of sp³-hybridized carbons (Fsp3) is 0.429. The Balaban J connectivity index is 0.00000162. The van der Waals surface area contributed by atoms with Gasteiger partial charge in [0.2, 0.25) is 10.0 Å². The maximum absolute atomic E-state index is 11.9. The molecule has 1 aliphatic rings. The van der Waals surface area contributed by atoms with Gasteiger partial charge in [-0.15, -0.1) is 11.3 Å². The average Bonchev–Trinajstić information content (AvgIpc) is 2.59. The molecule has 0 saturated carbocycles. The van der Waals surface area contributed by atoms with Gasteiger partial charge in [-0.2, -0.15) is 0 Å². The summed E-state index contributed by atoms with van der Waals surface area (Å²) < 4.78 is 46.9. The van der Waals surface area contributed by atoms with Gasteiger partial charge in [0.05, 0.1) is 0 Å². The number of thiophene rings is 1. The van der Waals surface area contributed by atoms with Crippen LogP contribution in [0.5, 0.6) is 0 Å². The number of sulfonamides is 2. The molecule has 3 N–H and O–H groups in total. The average molecular weight is 480 g/mol. The van der Waals surface area contributed by atoms with Gasteiger partial charge in [0.1, 0.15) is 8.42 Å². The van der Waals surface area contributed by atoms with E-state index in [1.54, 1.807) is 0 Å². The third-order valence-electron chi connectivity index (χ3n) is 2.44. The van der Waals surface area contributed by atoms with E-state index >= 15 is 0 Å². The third-order valence-corrected chi connectivity index (χ3v) is 7.36. The standard InChI is InChI=1S/C7H10N3O4S3.W/c1-10-3-5(8)4-2-6(16(9,11)12)15-7(4)17(10,13)14;/h2,5,8H,3H2,1H3,(H2,9,11,12);/q-1;/t5-;/m0./s1. The van der Waals surface area contributed by atoms with E-state index in [9.17, 15) is 16.8 Å². The smallest absolute Gasteiger partial charge is 0.252 e. The molecule has 0 amide bonds. The van der Waals surface area contributed by atoms with Crippen LogP contribution in [0.1, 0.15) is 11.6 Å². The second-order valence-corrected chi connectivity index (χ2v) is 8.77. The molecule has 0 fully saturated rings. The molecule has 102 valence electrons. The summed E-state index contributed by atoms with van der Waals surface area (Å²) in [5, 5.41) is 4.95. The van der Waals surface area contributed by atoms with E-state index in [-0.39, 0.29) is 41.6 Å². The van der Waals surface area contributed by atoms with E-state index in [2.05, 4.69) is 0 Å². The van der Waals surface area contributed by atoms with Gasteiger partial charge in [-0.05, 0) is 11.6 Å². The first-order valence-corrected chi connectivity index (χ1v) is 8.28. The van der Waals surface area contributed by atoms with Crippen LogP contribution in [0.3, 0.4) is 0 Å². The zero-order valence-electron chi connectivity index (χ0n) is 9.15. The van der Waals surface area contributed by atoms with E-state index in [1.807, 2.05) is 0 Å². The number of hydrogen-bond acceptors (Lipinski definition) is 5. The molecule has 11 heteroatoms. The van der Waals surface area contributed by atoms with Gasteiger partial charge in [0.15, 0.2) is 0 Å². The van der Waals surface area contributed by atoms with Crippen LogP contribution < -0.4 is 5.14 Å². The number of rotatable bonds is 1. The maximum Gasteiger partial charge on any atom is 0.252 e. The minimum Gasteiger partial charge on any atom is -0.670 e. The van der Waals surface area contributed by atoms with Crippen LogP contribution in [0.2, 0.25) is 0 Å². The Bertz CT molecular complexity index is 666. The first kappa shape index (κ1) is 16.2. The minimum atomic E-state index is -3.94. The van der Waals surface area contributed by atoms with Crippen molar-refractivity contribution in [3.63, 3.8) is 0 Å². The zero-order chi connectivity index (χ0) is 13.0. The van der Waals surface area contributed by atoms with Crippen molar-refractivity contribution in [2.45, 2.75) is 14.5 Å². The number of nitrogens with one attached hydrogen (secondary N) is 1. The van der Waals surface area contributed by atoms with E-state index in [0.29, 0.717) is 11.3 Å². The Kier molecular flexibility index (Phi) is 4.44. The SMILES string of the molecule is CN1C[C@H]([NH-])c2cc(S(N)(=O)=O)sc2S1(=O)=O.[W]. The van der Waals surface area contributed by atoms with Crippen LogP contribution in [-0.4, -0.2) is 34.7 Å². The van der Waals surface area contributed by atoms with E-state index < -0.39 is 26.1 Å². The quantitative estimate of drug-likeness (QED) is 0.614. The molecule has 0 saturated heterocycles. The topological polar surface area (TPSA) is 121 Å². The normalized spacial score (nSPS) is 23.2. The van der Waals surface area contributed by atoms with Crippen molar-refractivity contribution < 1.29 is 37.9 Å². The molecular weight excluding hydrogens is 470 g/mol. The summed E-state index contributed by atoms with van der Waals surface area (Å²) in [6.45, 7) is 0.0100. The summed E-state index contributed by atoms with van der Waals surface area (Å²) in [7, 11) is -6.26. The third kappa shape index (κ3) is 2.55. The predicted octanol–water partition coefficient (Wildman–Crippen LogP) is 0.120. The molecule has 1 atom stereocenters. The van der Waals surface area contributed by atoms with Crippen molar-refractivity contribution in [3.05, 3.63) is 17.4 Å². The molecule has 0 aliphatic carbocycles. The Labute approximate surface area is 124 Å². The van der Waals surface area contributed by atoms with Crippen molar-refractivity contribution in [2.24, 2.45) is 5.14 Å². The number of fused-ring (bicyclic) bond motifs is 1. The molecule has 0 unspecified atom stereocenters. The van der Waals surface area contributed by atoms with Crippen LogP contribution in [0.25, 0.3) is 5.73 Å². The monoisotopic (exact) mass is 480 g/mol. The van der Waals surface area contributed by atoms with Crippen molar-refractivity contribution in [1.82, 2.24) is 4.31 Å². The van der Waals surface area contributed by atoms with Gasteiger partial charge in [0, 0.05) is 34.7 Å². The molecule has 7 nitrogen and oxygen atoms in total. The van der Waals surface area contributed by atoms with Gasteiger partial charge in [-0.3, -0.25) is 0 Å². The molecule has 1 aromatic rings. The summed E-state index contributed by atoms with van der Waals surface area (Å²) in [6.07, 6.45) is 0. The van der Waals surface area contributed by atoms with Crippen LogP contribution >= 0.6 is 11.3 Å². The minimum absolute atomic E-state index is 0. The first-order valence-electron chi connectivity index (χ1n) is 4.48. The molecule has 18 heavy (non-hydrogen) atoms. The molecule has 2 heterocycles. The second-order valence-electron chi connectivity index (χ2n) is 3.69. The van der Waals surface area contributed by atoms with Crippen molar-refractivity contribution in [2.75, 3.05) is 13.6 Å². The van der Waals surface area contributed by atoms with Crippen molar-refractivity contribution in [3.8, 4) is 0 Å². The number of nitrogens with zero attached hydrogens (tertiary/aromatic N) is 1. The largest absolute Gasteiger partial charge is 0.670 e. The molecule has 1 aromatic heterocycles.